The van der Waals surface area contributed by atoms with Gasteiger partial charge in [0.2, 0.25) is 0 Å². The lowest BCUT2D eigenvalue weighted by Crippen LogP contribution is -1.95. The summed E-state index contributed by atoms with van der Waals surface area (Å²) in [5.74, 6) is 0. The van der Waals surface area contributed by atoms with Crippen LogP contribution in [0.4, 0.5) is 5.69 Å². The average molecular weight is 261 g/mol. The molecular formula is C13H11NO3S. The highest BCUT2D eigenvalue weighted by atomic mass is 32.2. The maximum Gasteiger partial charge on any atom is 0.270 e. The number of aryl methyl sites for hydroxylation is 1. The summed E-state index contributed by atoms with van der Waals surface area (Å²) in [7, 11) is -1.39. The van der Waals surface area contributed by atoms with Gasteiger partial charge in [0.1, 0.15) is 0 Å². The van der Waals surface area contributed by atoms with Crippen LogP contribution < -0.4 is 0 Å². The van der Waals surface area contributed by atoms with Crippen LogP contribution in [0.5, 0.6) is 0 Å². The topological polar surface area (TPSA) is 60.2 Å². The third-order valence-corrected chi connectivity index (χ3v) is 3.86. The van der Waals surface area contributed by atoms with Crippen LogP contribution in [0.15, 0.2) is 58.3 Å². The molecule has 1 atom stereocenters. The summed E-state index contributed by atoms with van der Waals surface area (Å²) < 4.78 is 12.2. The Bertz CT molecular complexity index is 608. The van der Waals surface area contributed by atoms with Crippen molar-refractivity contribution in [1.29, 1.82) is 0 Å². The molecule has 0 N–H and O–H groups in total. The van der Waals surface area contributed by atoms with Gasteiger partial charge in [0.25, 0.3) is 5.69 Å². The molecule has 92 valence electrons. The van der Waals surface area contributed by atoms with Gasteiger partial charge in [-0.15, -0.1) is 0 Å². The zero-order chi connectivity index (χ0) is 13.1. The van der Waals surface area contributed by atoms with E-state index in [1.165, 1.54) is 12.1 Å². The minimum absolute atomic E-state index is 0.0482. The number of hydrogen-bond acceptors (Lipinski definition) is 3. The van der Waals surface area contributed by atoms with Crippen LogP contribution in [0.25, 0.3) is 0 Å². The first-order valence-corrected chi connectivity index (χ1v) is 6.46. The summed E-state index contributed by atoms with van der Waals surface area (Å²) in [6.45, 7) is 1.94. The van der Waals surface area contributed by atoms with Crippen molar-refractivity contribution in [1.82, 2.24) is 0 Å². The Morgan fingerprint density at radius 2 is 1.72 bits per heavy atom. The quantitative estimate of drug-likeness (QED) is 0.630. The Kier molecular flexibility index (Phi) is 3.53. The van der Waals surface area contributed by atoms with E-state index in [4.69, 9.17) is 0 Å². The molecule has 0 aliphatic rings. The summed E-state index contributed by atoms with van der Waals surface area (Å²) in [5.41, 5.74) is 1.03. The fraction of sp³-hybridized carbons (Fsp3) is 0.0769. The molecule has 1 unspecified atom stereocenters. The van der Waals surface area contributed by atoms with Crippen LogP contribution in [0, 0.1) is 17.0 Å². The highest BCUT2D eigenvalue weighted by molar-refractivity contribution is 7.85. The predicted octanol–water partition coefficient (Wildman–Crippen LogP) is 3.07. The fourth-order valence-electron chi connectivity index (χ4n) is 1.51. The van der Waals surface area contributed by atoms with Crippen LogP contribution >= 0.6 is 0 Å². The van der Waals surface area contributed by atoms with Gasteiger partial charge in [0, 0.05) is 17.0 Å². The first kappa shape index (κ1) is 12.4. The van der Waals surface area contributed by atoms with Gasteiger partial charge in [0.15, 0.2) is 0 Å². The maximum atomic E-state index is 12.2. The van der Waals surface area contributed by atoms with Gasteiger partial charge in [-0.25, -0.2) is 4.21 Å². The average Bonchev–Trinajstić information content (AvgIpc) is 2.39. The van der Waals surface area contributed by atoms with Crippen molar-refractivity contribution in [2.75, 3.05) is 0 Å². The molecule has 0 aliphatic carbocycles. The second kappa shape index (κ2) is 5.10. The molecule has 18 heavy (non-hydrogen) atoms. The number of nitrogens with zero attached hydrogens (tertiary/aromatic N) is 1. The minimum Gasteiger partial charge on any atom is -0.258 e. The van der Waals surface area contributed by atoms with Crippen molar-refractivity contribution in [3.8, 4) is 0 Å². The largest absolute Gasteiger partial charge is 0.270 e. The second-order valence-electron chi connectivity index (χ2n) is 3.84. The number of nitro groups is 1. The molecule has 0 amide bonds. The Hall–Kier alpha value is -2.01. The maximum absolute atomic E-state index is 12.2. The highest BCUT2D eigenvalue weighted by Crippen LogP contribution is 2.21. The summed E-state index contributed by atoms with van der Waals surface area (Å²) in [4.78, 5) is 11.3. The fourth-order valence-corrected chi connectivity index (χ4v) is 2.60. The normalized spacial score (nSPS) is 12.1. The van der Waals surface area contributed by atoms with E-state index in [0.29, 0.717) is 9.79 Å². The van der Waals surface area contributed by atoms with Gasteiger partial charge in [-0.3, -0.25) is 10.1 Å². The smallest absolute Gasteiger partial charge is 0.258 e. The van der Waals surface area contributed by atoms with E-state index in [-0.39, 0.29) is 5.69 Å². The lowest BCUT2D eigenvalue weighted by atomic mass is 10.2. The summed E-state index contributed by atoms with van der Waals surface area (Å²) in [6.07, 6.45) is 0. The second-order valence-corrected chi connectivity index (χ2v) is 5.32. The van der Waals surface area contributed by atoms with Gasteiger partial charge in [-0.2, -0.15) is 0 Å². The van der Waals surface area contributed by atoms with Crippen LogP contribution in [-0.4, -0.2) is 9.13 Å². The van der Waals surface area contributed by atoms with Crippen molar-refractivity contribution in [3.05, 3.63) is 64.2 Å². The monoisotopic (exact) mass is 261 g/mol. The molecule has 0 aromatic heterocycles. The molecule has 0 heterocycles. The van der Waals surface area contributed by atoms with Crippen LogP contribution in [-0.2, 0) is 10.8 Å². The van der Waals surface area contributed by atoms with Gasteiger partial charge >= 0.3 is 0 Å². The van der Waals surface area contributed by atoms with E-state index < -0.39 is 15.7 Å². The van der Waals surface area contributed by atoms with E-state index in [1.807, 2.05) is 19.1 Å². The minimum atomic E-state index is -1.39. The lowest BCUT2D eigenvalue weighted by Gasteiger charge is -2.02. The van der Waals surface area contributed by atoms with Crippen molar-refractivity contribution in [2.24, 2.45) is 0 Å². The van der Waals surface area contributed by atoms with E-state index in [0.717, 1.165) is 5.56 Å². The van der Waals surface area contributed by atoms with Crippen LogP contribution in [0.2, 0.25) is 0 Å². The third kappa shape index (κ3) is 2.62. The van der Waals surface area contributed by atoms with Gasteiger partial charge in [0.05, 0.1) is 20.6 Å². The molecule has 0 bridgehead atoms. The van der Waals surface area contributed by atoms with Crippen molar-refractivity contribution in [3.63, 3.8) is 0 Å². The summed E-state index contributed by atoms with van der Waals surface area (Å²) in [6, 6.07) is 13.2. The summed E-state index contributed by atoms with van der Waals surface area (Å²) >= 11 is 0. The Morgan fingerprint density at radius 1 is 1.06 bits per heavy atom. The highest BCUT2D eigenvalue weighted by Gasteiger charge is 2.11. The molecule has 2 aromatic carbocycles. The summed E-state index contributed by atoms with van der Waals surface area (Å²) in [5, 5.41) is 10.7. The zero-order valence-corrected chi connectivity index (χ0v) is 10.5. The first-order valence-electron chi connectivity index (χ1n) is 5.31. The molecular weight excluding hydrogens is 250 g/mol. The third-order valence-electron chi connectivity index (χ3n) is 2.48. The predicted molar refractivity (Wildman–Crippen MR) is 68.9 cm³/mol. The number of benzene rings is 2. The van der Waals surface area contributed by atoms with Crippen LogP contribution in [0.3, 0.4) is 0 Å². The first-order chi connectivity index (χ1) is 8.58. The molecule has 4 nitrogen and oxygen atoms in total. The lowest BCUT2D eigenvalue weighted by molar-refractivity contribution is -0.385. The van der Waals surface area contributed by atoms with E-state index in [2.05, 4.69) is 0 Å². The molecule has 0 saturated carbocycles. The number of nitro benzene ring substituents is 1. The van der Waals surface area contributed by atoms with E-state index in [9.17, 15) is 14.3 Å². The molecule has 0 radical (unpaired) electrons. The standard InChI is InChI=1S/C13H11NO3S/c1-10-5-7-12(8-6-10)18(17)13-4-2-3-11(9-13)14(15)16/h2-9H,1H3. The Morgan fingerprint density at radius 3 is 2.33 bits per heavy atom. The molecule has 0 spiro atoms. The van der Waals surface area contributed by atoms with E-state index >= 15 is 0 Å². The SMILES string of the molecule is Cc1ccc(S(=O)c2cccc([N+](=O)[O-])c2)cc1. The number of non-ortho nitro benzene ring substituents is 1. The van der Waals surface area contributed by atoms with Crippen molar-refractivity contribution >= 4 is 16.5 Å². The molecule has 0 aliphatic heterocycles. The molecule has 2 aromatic rings. The van der Waals surface area contributed by atoms with Crippen LogP contribution in [0.1, 0.15) is 5.56 Å². The number of rotatable bonds is 3. The van der Waals surface area contributed by atoms with Crippen molar-refractivity contribution < 1.29 is 9.13 Å². The van der Waals surface area contributed by atoms with Crippen molar-refractivity contribution in [2.45, 2.75) is 16.7 Å². The zero-order valence-electron chi connectivity index (χ0n) is 9.70. The Labute approximate surface area is 107 Å². The van der Waals surface area contributed by atoms with Gasteiger partial charge in [-0.05, 0) is 25.1 Å². The molecule has 5 heteroatoms. The molecule has 2 rings (SSSR count). The molecule has 0 saturated heterocycles. The van der Waals surface area contributed by atoms with Gasteiger partial charge < -0.3 is 0 Å². The Balaban J connectivity index is 2.37. The molecule has 0 fully saturated rings. The van der Waals surface area contributed by atoms with E-state index in [1.54, 1.807) is 24.3 Å². The number of hydrogen-bond donors (Lipinski definition) is 0. The van der Waals surface area contributed by atoms with Gasteiger partial charge in [-0.1, -0.05) is 23.8 Å².